The number of aryl methyl sites for hydroxylation is 1. The summed E-state index contributed by atoms with van der Waals surface area (Å²) < 4.78 is 0.835. The molecule has 100 valence electrons. The van der Waals surface area contributed by atoms with Gasteiger partial charge in [-0.1, -0.05) is 17.7 Å². The molecule has 0 atom stereocenters. The van der Waals surface area contributed by atoms with Crippen LogP contribution in [-0.4, -0.2) is 15.8 Å². The molecule has 3 nitrogen and oxygen atoms in total. The van der Waals surface area contributed by atoms with E-state index in [1.165, 1.54) is 0 Å². The summed E-state index contributed by atoms with van der Waals surface area (Å²) in [6.07, 6.45) is 3.38. The van der Waals surface area contributed by atoms with E-state index in [1.807, 2.05) is 19.1 Å². The highest BCUT2D eigenvalue weighted by molar-refractivity contribution is 9.10. The van der Waals surface area contributed by atoms with Gasteiger partial charge in [0.1, 0.15) is 5.65 Å². The van der Waals surface area contributed by atoms with Crippen LogP contribution in [0, 0.1) is 6.92 Å². The Labute approximate surface area is 129 Å². The van der Waals surface area contributed by atoms with Gasteiger partial charge in [-0.3, -0.25) is 4.79 Å². The first-order valence-corrected chi connectivity index (χ1v) is 7.17. The van der Waals surface area contributed by atoms with Crippen LogP contribution in [-0.2, 0) is 0 Å². The summed E-state index contributed by atoms with van der Waals surface area (Å²) in [5, 5.41) is 1.35. The Balaban J connectivity index is 2.17. The number of nitrogens with zero attached hydrogens (tertiary/aromatic N) is 1. The fourth-order valence-electron chi connectivity index (χ4n) is 2.15. The van der Waals surface area contributed by atoms with Gasteiger partial charge >= 0.3 is 0 Å². The smallest absolute Gasteiger partial charge is 0.195 e. The van der Waals surface area contributed by atoms with Crippen LogP contribution < -0.4 is 0 Å². The van der Waals surface area contributed by atoms with Crippen molar-refractivity contribution < 1.29 is 4.79 Å². The lowest BCUT2D eigenvalue weighted by molar-refractivity contribution is 0.104. The third-order valence-electron chi connectivity index (χ3n) is 3.19. The average molecular weight is 350 g/mol. The lowest BCUT2D eigenvalue weighted by Gasteiger charge is -2.05. The maximum atomic E-state index is 12.7. The molecule has 3 aromatic rings. The molecule has 0 saturated heterocycles. The van der Waals surface area contributed by atoms with E-state index < -0.39 is 0 Å². The van der Waals surface area contributed by atoms with E-state index in [4.69, 9.17) is 11.6 Å². The molecule has 0 radical (unpaired) electrons. The van der Waals surface area contributed by atoms with Crippen molar-refractivity contribution >= 4 is 44.3 Å². The van der Waals surface area contributed by atoms with Gasteiger partial charge in [-0.2, -0.15) is 0 Å². The predicted molar refractivity (Wildman–Crippen MR) is 83.4 cm³/mol. The SMILES string of the molecule is Cc1ccc(Cl)cc1C(=O)c1c[nH]c2ncc(Br)cc12. The van der Waals surface area contributed by atoms with Gasteiger partial charge in [0.2, 0.25) is 0 Å². The number of pyridine rings is 1. The zero-order valence-electron chi connectivity index (χ0n) is 10.6. The highest BCUT2D eigenvalue weighted by Crippen LogP contribution is 2.25. The van der Waals surface area contributed by atoms with Crippen LogP contribution >= 0.6 is 27.5 Å². The Kier molecular flexibility index (Phi) is 3.36. The molecule has 3 rings (SSSR count). The minimum Gasteiger partial charge on any atom is -0.345 e. The van der Waals surface area contributed by atoms with Gasteiger partial charge in [-0.15, -0.1) is 0 Å². The second kappa shape index (κ2) is 5.04. The largest absolute Gasteiger partial charge is 0.345 e. The van der Waals surface area contributed by atoms with E-state index >= 15 is 0 Å². The van der Waals surface area contributed by atoms with Crippen molar-refractivity contribution in [2.24, 2.45) is 0 Å². The van der Waals surface area contributed by atoms with Gasteiger partial charge in [0.05, 0.1) is 0 Å². The zero-order valence-corrected chi connectivity index (χ0v) is 12.9. The molecule has 0 spiro atoms. The molecule has 0 bridgehead atoms. The lowest BCUT2D eigenvalue weighted by Crippen LogP contribution is -2.03. The highest BCUT2D eigenvalue weighted by Gasteiger charge is 2.17. The van der Waals surface area contributed by atoms with E-state index in [2.05, 4.69) is 25.9 Å². The Morgan fingerprint density at radius 3 is 2.90 bits per heavy atom. The summed E-state index contributed by atoms with van der Waals surface area (Å²) in [4.78, 5) is 19.9. The number of hydrogen-bond acceptors (Lipinski definition) is 2. The number of fused-ring (bicyclic) bond motifs is 1. The van der Waals surface area contributed by atoms with Crippen LogP contribution in [0.3, 0.4) is 0 Å². The van der Waals surface area contributed by atoms with Gasteiger partial charge in [-0.25, -0.2) is 4.98 Å². The average Bonchev–Trinajstić information content (AvgIpc) is 2.83. The number of carbonyl (C=O) groups excluding carboxylic acids is 1. The molecular weight excluding hydrogens is 340 g/mol. The first-order chi connectivity index (χ1) is 9.56. The minimum absolute atomic E-state index is 0.0591. The molecule has 5 heteroatoms. The molecule has 0 aliphatic rings. The van der Waals surface area contributed by atoms with Crippen molar-refractivity contribution in [3.05, 3.63) is 62.8 Å². The first kappa shape index (κ1) is 13.3. The van der Waals surface area contributed by atoms with Gasteiger partial charge in [0.25, 0.3) is 0 Å². The third-order valence-corrected chi connectivity index (χ3v) is 3.86. The van der Waals surface area contributed by atoms with Crippen molar-refractivity contribution in [1.29, 1.82) is 0 Å². The molecule has 20 heavy (non-hydrogen) atoms. The molecule has 1 aromatic carbocycles. The van der Waals surface area contributed by atoms with E-state index in [0.29, 0.717) is 21.8 Å². The number of rotatable bonds is 2. The second-order valence-corrected chi connectivity index (χ2v) is 5.89. The quantitative estimate of drug-likeness (QED) is 0.691. The molecular formula is C15H10BrClN2O. The molecule has 2 aromatic heterocycles. The van der Waals surface area contributed by atoms with Crippen molar-refractivity contribution in [3.63, 3.8) is 0 Å². The summed E-state index contributed by atoms with van der Waals surface area (Å²) in [6.45, 7) is 1.90. The topological polar surface area (TPSA) is 45.8 Å². The molecule has 1 N–H and O–H groups in total. The minimum atomic E-state index is -0.0591. The zero-order chi connectivity index (χ0) is 14.3. The van der Waals surface area contributed by atoms with E-state index in [1.54, 1.807) is 24.5 Å². The predicted octanol–water partition coefficient (Wildman–Crippen LogP) is 4.52. The number of aromatic nitrogens is 2. The lowest BCUT2D eigenvalue weighted by atomic mass is 9.99. The molecule has 0 aliphatic carbocycles. The number of benzene rings is 1. The van der Waals surface area contributed by atoms with Gasteiger partial charge < -0.3 is 4.98 Å². The molecule has 0 aliphatic heterocycles. The molecule has 0 saturated carbocycles. The Bertz CT molecular complexity index is 826. The van der Waals surface area contributed by atoms with Gasteiger partial charge in [0, 0.05) is 38.4 Å². The van der Waals surface area contributed by atoms with Crippen molar-refractivity contribution in [2.45, 2.75) is 6.92 Å². The fourth-order valence-corrected chi connectivity index (χ4v) is 2.65. The molecule has 0 unspecified atom stereocenters. The van der Waals surface area contributed by atoms with Crippen LogP contribution in [0.2, 0.25) is 5.02 Å². The van der Waals surface area contributed by atoms with Crippen LogP contribution in [0.5, 0.6) is 0 Å². The summed E-state index contributed by atoms with van der Waals surface area (Å²) in [7, 11) is 0. The van der Waals surface area contributed by atoms with E-state index in [0.717, 1.165) is 15.4 Å². The number of carbonyl (C=O) groups is 1. The second-order valence-electron chi connectivity index (χ2n) is 4.54. The summed E-state index contributed by atoms with van der Waals surface area (Å²) in [6, 6.07) is 7.20. The molecule has 0 fully saturated rings. The van der Waals surface area contributed by atoms with Crippen molar-refractivity contribution in [1.82, 2.24) is 9.97 Å². The maximum Gasteiger partial charge on any atom is 0.195 e. The normalized spacial score (nSPS) is 10.9. The van der Waals surface area contributed by atoms with Gasteiger partial charge in [0.15, 0.2) is 5.78 Å². The molecule has 0 amide bonds. The van der Waals surface area contributed by atoms with Crippen molar-refractivity contribution in [2.75, 3.05) is 0 Å². The standard InChI is InChI=1S/C15H10BrClN2O/c1-8-2-3-10(17)5-11(8)14(20)13-7-19-15-12(13)4-9(16)6-18-15/h2-7H,1H3,(H,18,19). The number of halogens is 2. The van der Waals surface area contributed by atoms with E-state index in [9.17, 15) is 4.79 Å². The number of H-pyrrole nitrogens is 1. The van der Waals surface area contributed by atoms with E-state index in [-0.39, 0.29) is 5.78 Å². The highest BCUT2D eigenvalue weighted by atomic mass is 79.9. The number of hydrogen-bond donors (Lipinski definition) is 1. The fraction of sp³-hybridized carbons (Fsp3) is 0.0667. The number of aromatic amines is 1. The number of nitrogens with one attached hydrogen (secondary N) is 1. The van der Waals surface area contributed by atoms with Crippen LogP contribution in [0.15, 0.2) is 41.1 Å². The summed E-state index contributed by atoms with van der Waals surface area (Å²) >= 11 is 9.36. The maximum absolute atomic E-state index is 12.7. The summed E-state index contributed by atoms with van der Waals surface area (Å²) in [5.41, 5.74) is 2.80. The Morgan fingerprint density at radius 1 is 1.30 bits per heavy atom. The van der Waals surface area contributed by atoms with Crippen LogP contribution in [0.4, 0.5) is 0 Å². The van der Waals surface area contributed by atoms with Crippen LogP contribution in [0.1, 0.15) is 21.5 Å². The monoisotopic (exact) mass is 348 g/mol. The summed E-state index contributed by atoms with van der Waals surface area (Å²) in [5.74, 6) is -0.0591. The molecule has 2 heterocycles. The third kappa shape index (κ3) is 2.25. The van der Waals surface area contributed by atoms with Crippen molar-refractivity contribution in [3.8, 4) is 0 Å². The number of ketones is 1. The Hall–Kier alpha value is -1.65. The Morgan fingerprint density at radius 2 is 2.10 bits per heavy atom. The van der Waals surface area contributed by atoms with Gasteiger partial charge in [-0.05, 0) is 46.6 Å². The van der Waals surface area contributed by atoms with Crippen LogP contribution in [0.25, 0.3) is 11.0 Å². The first-order valence-electron chi connectivity index (χ1n) is 6.00.